The summed E-state index contributed by atoms with van der Waals surface area (Å²) in [6.45, 7) is 0. The Bertz CT molecular complexity index is 480. The molecule has 0 spiro atoms. The van der Waals surface area contributed by atoms with Crippen LogP contribution in [0.25, 0.3) is 11.6 Å². The van der Waals surface area contributed by atoms with Crippen LogP contribution in [0.2, 0.25) is 0 Å². The van der Waals surface area contributed by atoms with Crippen LogP contribution in [0, 0.1) is 0 Å². The lowest BCUT2D eigenvalue weighted by Gasteiger charge is -1.98. The number of hydrogen-bond acceptors (Lipinski definition) is 7. The number of fused-ring (bicyclic) bond motifs is 1. The Morgan fingerprint density at radius 3 is 2.25 bits per heavy atom. The summed E-state index contributed by atoms with van der Waals surface area (Å²) in [5, 5.41) is 3.66. The number of aromatic nitrogens is 7. The van der Waals surface area contributed by atoms with Crippen LogP contribution < -0.4 is 5.84 Å². The summed E-state index contributed by atoms with van der Waals surface area (Å²) in [5.74, 6) is 6.36. The molecule has 3 heterocycles. The monoisotopic (exact) mass is 216 g/mol. The third kappa shape index (κ3) is 2.23. The Labute approximate surface area is 90.5 Å². The highest BCUT2D eigenvalue weighted by Gasteiger charge is 2.08. The van der Waals surface area contributed by atoms with Crippen LogP contribution in [-0.4, -0.2) is 34.8 Å². The maximum atomic E-state index is 5.36. The summed E-state index contributed by atoms with van der Waals surface area (Å²) >= 11 is 0. The fourth-order valence-corrected chi connectivity index (χ4v) is 0.951. The van der Waals surface area contributed by atoms with Gasteiger partial charge in [-0.05, 0) is 6.07 Å². The molecule has 2 aliphatic heterocycles. The average Bonchev–Trinajstić information content (AvgIpc) is 2.82. The summed E-state index contributed by atoms with van der Waals surface area (Å²) < 4.78 is 0. The van der Waals surface area contributed by atoms with E-state index in [1.54, 1.807) is 18.5 Å². The van der Waals surface area contributed by atoms with E-state index in [0.29, 0.717) is 11.6 Å². The molecule has 2 N–H and O–H groups in total. The van der Waals surface area contributed by atoms with Gasteiger partial charge in [0.25, 0.3) is 0 Å². The average molecular weight is 216 g/mol. The van der Waals surface area contributed by atoms with Gasteiger partial charge in [0.2, 0.25) is 11.6 Å². The smallest absolute Gasteiger partial charge is 0.218 e. The summed E-state index contributed by atoms with van der Waals surface area (Å²) in [4.78, 5) is 19.9. The van der Waals surface area contributed by atoms with Crippen molar-refractivity contribution in [3.63, 3.8) is 0 Å². The molecule has 16 heavy (non-hydrogen) atoms. The van der Waals surface area contributed by atoms with E-state index in [9.17, 15) is 0 Å². The first-order chi connectivity index (χ1) is 7.88. The van der Waals surface area contributed by atoms with Gasteiger partial charge in [-0.15, -0.1) is 5.10 Å². The molecule has 80 valence electrons. The molecule has 0 amide bonds. The molecule has 0 atom stereocenters. The summed E-state index contributed by atoms with van der Waals surface area (Å²) in [6.07, 6.45) is 7.60. The molecular formula is C8H8N8. The van der Waals surface area contributed by atoms with Gasteiger partial charge in [-0.2, -0.15) is 4.79 Å². The van der Waals surface area contributed by atoms with Gasteiger partial charge < -0.3 is 5.84 Å². The van der Waals surface area contributed by atoms with Crippen LogP contribution in [0.4, 0.5) is 0 Å². The summed E-state index contributed by atoms with van der Waals surface area (Å²) in [6, 6.07) is 1.78. The molecule has 8 heteroatoms. The Hall–Kier alpha value is -2.64. The number of imidazole rings is 1. The molecular weight excluding hydrogens is 208 g/mol. The van der Waals surface area contributed by atoms with Gasteiger partial charge >= 0.3 is 0 Å². The standard InChI is InChI=1S/C4H4N6.C4H4N2/c5-10-4-3(6-1-8-4)7-2-9-10;1-2-5-4-6-3-1/h1-2H,5H2;1-4H. The predicted octanol–water partition coefficient (Wildman–Crippen LogP) is -0.637. The molecule has 0 bridgehead atoms. The van der Waals surface area contributed by atoms with Gasteiger partial charge in [0.1, 0.15) is 19.0 Å². The lowest BCUT2D eigenvalue weighted by atomic mass is 10.6. The highest BCUT2D eigenvalue weighted by atomic mass is 15.5. The minimum absolute atomic E-state index is 0.488. The second-order valence-electron chi connectivity index (χ2n) is 2.63. The van der Waals surface area contributed by atoms with E-state index in [1.807, 2.05) is 0 Å². The van der Waals surface area contributed by atoms with Crippen molar-refractivity contribution in [1.29, 1.82) is 0 Å². The Kier molecular flexibility index (Phi) is 2.93. The first-order valence-electron chi connectivity index (χ1n) is 4.33. The van der Waals surface area contributed by atoms with Crippen molar-refractivity contribution in [2.24, 2.45) is 0 Å². The quantitative estimate of drug-likeness (QED) is 0.498. The number of nitrogens with zero attached hydrogens (tertiary/aromatic N) is 7. The van der Waals surface area contributed by atoms with E-state index in [4.69, 9.17) is 5.84 Å². The van der Waals surface area contributed by atoms with Crippen LogP contribution in [-0.2, 0) is 0 Å². The van der Waals surface area contributed by atoms with Crippen molar-refractivity contribution in [1.82, 2.24) is 34.8 Å². The fourth-order valence-electron chi connectivity index (χ4n) is 0.951. The van der Waals surface area contributed by atoms with E-state index in [0.717, 1.165) is 4.79 Å². The molecule has 0 aromatic carbocycles. The molecule has 2 aliphatic rings. The molecule has 3 rings (SSSR count). The normalized spacial score (nSPS) is 9.50. The van der Waals surface area contributed by atoms with Crippen molar-refractivity contribution in [2.75, 3.05) is 5.84 Å². The summed E-state index contributed by atoms with van der Waals surface area (Å²) in [5.41, 5.74) is 0. The maximum absolute atomic E-state index is 5.36. The van der Waals surface area contributed by atoms with Gasteiger partial charge in [0.15, 0.2) is 0 Å². The van der Waals surface area contributed by atoms with Gasteiger partial charge in [-0.1, -0.05) is 0 Å². The molecule has 1 aromatic heterocycles. The maximum Gasteiger partial charge on any atom is 0.218 e. The van der Waals surface area contributed by atoms with E-state index >= 15 is 0 Å². The second-order valence-corrected chi connectivity index (χ2v) is 2.63. The molecule has 0 aliphatic carbocycles. The molecule has 1 aromatic rings. The van der Waals surface area contributed by atoms with Gasteiger partial charge in [0, 0.05) is 12.4 Å². The SMILES string of the molecule is Nn1ncnc2ncnc1-2.c1cncnc1. The number of nitrogens with two attached hydrogens (primary N) is 1. The topological polar surface area (TPSA) is 108 Å². The molecule has 0 saturated carbocycles. The van der Waals surface area contributed by atoms with Crippen LogP contribution in [0.3, 0.4) is 0 Å². The molecule has 0 saturated heterocycles. The Morgan fingerprint density at radius 1 is 0.938 bits per heavy atom. The third-order valence-corrected chi connectivity index (χ3v) is 1.61. The Morgan fingerprint density at radius 2 is 1.69 bits per heavy atom. The zero-order valence-corrected chi connectivity index (χ0v) is 8.17. The van der Waals surface area contributed by atoms with Crippen molar-refractivity contribution < 1.29 is 0 Å². The largest absolute Gasteiger partial charge is 0.321 e. The highest BCUT2D eigenvalue weighted by Crippen LogP contribution is 2.06. The second kappa shape index (κ2) is 4.73. The minimum Gasteiger partial charge on any atom is -0.321 e. The van der Waals surface area contributed by atoms with Crippen molar-refractivity contribution in [3.8, 4) is 11.6 Å². The van der Waals surface area contributed by atoms with E-state index in [2.05, 4.69) is 30.0 Å². The van der Waals surface area contributed by atoms with E-state index in [-0.39, 0.29) is 0 Å². The molecule has 0 fully saturated rings. The zero-order valence-electron chi connectivity index (χ0n) is 8.17. The molecule has 0 radical (unpaired) electrons. The van der Waals surface area contributed by atoms with Gasteiger partial charge in [-0.25, -0.2) is 24.9 Å². The number of hydrogen-bond donors (Lipinski definition) is 1. The van der Waals surface area contributed by atoms with Crippen LogP contribution in [0.15, 0.2) is 37.4 Å². The fraction of sp³-hybridized carbons (Fsp3) is 0. The zero-order chi connectivity index (χ0) is 11.2. The highest BCUT2D eigenvalue weighted by molar-refractivity contribution is 5.42. The van der Waals surface area contributed by atoms with E-state index < -0.39 is 0 Å². The van der Waals surface area contributed by atoms with Crippen LogP contribution in [0.5, 0.6) is 0 Å². The lowest BCUT2D eigenvalue weighted by molar-refractivity contribution is 0.764. The third-order valence-electron chi connectivity index (χ3n) is 1.61. The van der Waals surface area contributed by atoms with E-state index in [1.165, 1.54) is 19.0 Å². The molecule has 0 unspecified atom stereocenters. The predicted molar refractivity (Wildman–Crippen MR) is 54.4 cm³/mol. The van der Waals surface area contributed by atoms with Gasteiger partial charge in [-0.3, -0.25) is 0 Å². The lowest BCUT2D eigenvalue weighted by Crippen LogP contribution is -2.16. The van der Waals surface area contributed by atoms with Crippen LogP contribution in [0.1, 0.15) is 0 Å². The minimum atomic E-state index is 0.488. The summed E-state index contributed by atoms with van der Waals surface area (Å²) in [7, 11) is 0. The van der Waals surface area contributed by atoms with Crippen LogP contribution >= 0.6 is 0 Å². The first-order valence-corrected chi connectivity index (χ1v) is 4.33. The Balaban J connectivity index is 0.000000138. The first kappa shape index (κ1) is 9.90. The van der Waals surface area contributed by atoms with Crippen molar-refractivity contribution in [2.45, 2.75) is 0 Å². The number of nitrogen functional groups attached to an aromatic ring is 1. The van der Waals surface area contributed by atoms with Crippen molar-refractivity contribution in [3.05, 3.63) is 37.4 Å². The van der Waals surface area contributed by atoms with Crippen molar-refractivity contribution >= 4 is 0 Å². The number of rotatable bonds is 0. The molecule has 8 nitrogen and oxygen atoms in total. The van der Waals surface area contributed by atoms with Gasteiger partial charge in [0.05, 0.1) is 0 Å².